The lowest BCUT2D eigenvalue weighted by Gasteiger charge is -2.22. The van der Waals surface area contributed by atoms with Crippen molar-refractivity contribution in [1.29, 1.82) is 5.26 Å². The molecule has 0 bridgehead atoms. The van der Waals surface area contributed by atoms with Gasteiger partial charge in [-0.1, -0.05) is 12.1 Å². The quantitative estimate of drug-likeness (QED) is 0.758. The fraction of sp³-hybridized carbons (Fsp3) is 0.462. The third kappa shape index (κ3) is 3.93. The summed E-state index contributed by atoms with van der Waals surface area (Å²) in [6, 6.07) is 8.30. The third-order valence-electron chi connectivity index (χ3n) is 2.99. The molecule has 0 N–H and O–H groups in total. The summed E-state index contributed by atoms with van der Waals surface area (Å²) in [5.74, 6) is 0.505. The second kappa shape index (κ2) is 6.90. The van der Waals surface area contributed by atoms with E-state index in [1.54, 1.807) is 31.2 Å². The molecule has 0 fully saturated rings. The van der Waals surface area contributed by atoms with E-state index in [9.17, 15) is 8.42 Å². The van der Waals surface area contributed by atoms with Gasteiger partial charge in [-0.15, -0.1) is 11.6 Å². The summed E-state index contributed by atoms with van der Waals surface area (Å²) in [7, 11) is -2.05. The van der Waals surface area contributed by atoms with Crippen LogP contribution in [-0.4, -0.2) is 31.7 Å². The molecule has 0 aliphatic rings. The average Bonchev–Trinajstić information content (AvgIpc) is 2.39. The van der Waals surface area contributed by atoms with Gasteiger partial charge < -0.3 is 0 Å². The largest absolute Gasteiger partial charge is 0.243 e. The molecule has 0 aliphatic carbocycles. The molecule has 0 aromatic heterocycles. The van der Waals surface area contributed by atoms with E-state index in [2.05, 4.69) is 0 Å². The number of rotatable bonds is 6. The number of benzene rings is 1. The normalized spacial score (nSPS) is 13.2. The molecule has 1 aromatic rings. The van der Waals surface area contributed by atoms with Gasteiger partial charge in [0.1, 0.15) is 0 Å². The number of aryl methyl sites for hydroxylation is 1. The van der Waals surface area contributed by atoms with Crippen molar-refractivity contribution in [2.45, 2.75) is 30.7 Å². The minimum atomic E-state index is -3.54. The Hall–Kier alpha value is -1.09. The van der Waals surface area contributed by atoms with Gasteiger partial charge in [-0.25, -0.2) is 8.42 Å². The van der Waals surface area contributed by atoms with Gasteiger partial charge >= 0.3 is 0 Å². The van der Waals surface area contributed by atoms with Crippen molar-refractivity contribution in [3.05, 3.63) is 29.8 Å². The molecule has 0 saturated carbocycles. The SMILES string of the molecule is CC(CC#N)N(C)S(=O)(=O)c1ccc(CCCl)cc1. The van der Waals surface area contributed by atoms with Crippen molar-refractivity contribution in [3.8, 4) is 6.07 Å². The summed E-state index contributed by atoms with van der Waals surface area (Å²) < 4.78 is 25.8. The molecule has 1 aromatic carbocycles. The third-order valence-corrected chi connectivity index (χ3v) is 5.17. The van der Waals surface area contributed by atoms with Gasteiger partial charge in [-0.05, 0) is 31.0 Å². The topological polar surface area (TPSA) is 61.2 Å². The molecular formula is C13H17ClN2O2S. The van der Waals surface area contributed by atoms with Crippen molar-refractivity contribution in [3.63, 3.8) is 0 Å². The lowest BCUT2D eigenvalue weighted by Crippen LogP contribution is -2.34. The van der Waals surface area contributed by atoms with Crippen molar-refractivity contribution >= 4 is 21.6 Å². The second-order valence-corrected chi connectivity index (χ2v) is 6.69. The van der Waals surface area contributed by atoms with E-state index in [0.29, 0.717) is 12.3 Å². The molecule has 1 atom stereocenters. The Bertz CT molecular complexity index is 549. The van der Waals surface area contributed by atoms with Gasteiger partial charge in [0.25, 0.3) is 0 Å². The Kier molecular flexibility index (Phi) is 5.80. The van der Waals surface area contributed by atoms with E-state index in [4.69, 9.17) is 16.9 Å². The molecule has 6 heteroatoms. The van der Waals surface area contributed by atoms with E-state index in [1.165, 1.54) is 11.4 Å². The molecular weight excluding hydrogens is 284 g/mol. The zero-order valence-corrected chi connectivity index (χ0v) is 12.6. The average molecular weight is 301 g/mol. The number of nitriles is 1. The molecule has 1 rings (SSSR count). The molecule has 1 unspecified atom stereocenters. The van der Waals surface area contributed by atoms with Crippen molar-refractivity contribution < 1.29 is 8.42 Å². The van der Waals surface area contributed by atoms with Crippen LogP contribution in [0.2, 0.25) is 0 Å². The maximum absolute atomic E-state index is 12.3. The smallest absolute Gasteiger partial charge is 0.207 e. The maximum atomic E-state index is 12.3. The molecule has 104 valence electrons. The highest BCUT2D eigenvalue weighted by Gasteiger charge is 2.24. The Balaban J connectivity index is 2.97. The number of hydrogen-bond donors (Lipinski definition) is 0. The number of nitrogens with zero attached hydrogens (tertiary/aromatic N) is 2. The van der Waals surface area contributed by atoms with Gasteiger partial charge in [0, 0.05) is 19.0 Å². The first-order valence-corrected chi connectivity index (χ1v) is 7.90. The van der Waals surface area contributed by atoms with Crippen LogP contribution in [0, 0.1) is 11.3 Å². The van der Waals surface area contributed by atoms with Crippen LogP contribution in [0.3, 0.4) is 0 Å². The van der Waals surface area contributed by atoms with E-state index >= 15 is 0 Å². The van der Waals surface area contributed by atoms with Gasteiger partial charge in [0.05, 0.1) is 17.4 Å². The van der Waals surface area contributed by atoms with Crippen LogP contribution in [0.15, 0.2) is 29.2 Å². The lowest BCUT2D eigenvalue weighted by molar-refractivity contribution is 0.393. The summed E-state index contributed by atoms with van der Waals surface area (Å²) in [6.45, 7) is 1.71. The molecule has 0 heterocycles. The highest BCUT2D eigenvalue weighted by molar-refractivity contribution is 7.89. The fourth-order valence-corrected chi connectivity index (χ4v) is 3.18. The molecule has 0 spiro atoms. The van der Waals surface area contributed by atoms with Crippen LogP contribution in [0.1, 0.15) is 18.9 Å². The van der Waals surface area contributed by atoms with Crippen molar-refractivity contribution in [1.82, 2.24) is 4.31 Å². The van der Waals surface area contributed by atoms with E-state index in [0.717, 1.165) is 5.56 Å². The van der Waals surface area contributed by atoms with E-state index in [-0.39, 0.29) is 17.4 Å². The summed E-state index contributed by atoms with van der Waals surface area (Å²) in [5.41, 5.74) is 1.00. The molecule has 0 saturated heterocycles. The van der Waals surface area contributed by atoms with Crippen LogP contribution in [0.5, 0.6) is 0 Å². The highest BCUT2D eigenvalue weighted by Crippen LogP contribution is 2.18. The Labute approximate surface area is 119 Å². The van der Waals surface area contributed by atoms with Crippen LogP contribution in [-0.2, 0) is 16.4 Å². The minimum absolute atomic E-state index is 0.167. The summed E-state index contributed by atoms with van der Waals surface area (Å²) in [4.78, 5) is 0.234. The Morgan fingerprint density at radius 2 is 1.95 bits per heavy atom. The zero-order chi connectivity index (χ0) is 14.5. The fourth-order valence-electron chi connectivity index (χ4n) is 1.60. The predicted molar refractivity (Wildman–Crippen MR) is 75.5 cm³/mol. The van der Waals surface area contributed by atoms with Gasteiger partial charge in [0.15, 0.2) is 0 Å². The minimum Gasteiger partial charge on any atom is -0.207 e. The molecule has 0 aliphatic heterocycles. The predicted octanol–water partition coefficient (Wildman–Crippen LogP) is 2.39. The van der Waals surface area contributed by atoms with Crippen LogP contribution < -0.4 is 0 Å². The van der Waals surface area contributed by atoms with Gasteiger partial charge in [-0.2, -0.15) is 9.57 Å². The summed E-state index contributed by atoms with van der Waals surface area (Å²) >= 11 is 5.64. The van der Waals surface area contributed by atoms with Gasteiger partial charge in [-0.3, -0.25) is 0 Å². The van der Waals surface area contributed by atoms with Gasteiger partial charge in [0.2, 0.25) is 10.0 Å². The lowest BCUT2D eigenvalue weighted by atomic mass is 10.2. The Morgan fingerprint density at radius 1 is 1.37 bits per heavy atom. The Morgan fingerprint density at radius 3 is 2.42 bits per heavy atom. The standard InChI is InChI=1S/C13H17ClN2O2S/c1-11(8-10-15)16(2)19(17,18)13-5-3-12(4-6-13)7-9-14/h3-6,11H,7-9H2,1-2H3. The number of hydrogen-bond acceptors (Lipinski definition) is 3. The zero-order valence-electron chi connectivity index (χ0n) is 11.0. The van der Waals surface area contributed by atoms with Crippen LogP contribution in [0.4, 0.5) is 0 Å². The first kappa shape index (κ1) is 16.0. The summed E-state index contributed by atoms with van der Waals surface area (Å²) in [5, 5.41) is 8.63. The maximum Gasteiger partial charge on any atom is 0.243 e. The highest BCUT2D eigenvalue weighted by atomic mass is 35.5. The van der Waals surface area contributed by atoms with Crippen LogP contribution in [0.25, 0.3) is 0 Å². The van der Waals surface area contributed by atoms with E-state index in [1.807, 2.05) is 6.07 Å². The molecule has 0 radical (unpaired) electrons. The number of sulfonamides is 1. The number of alkyl halides is 1. The number of halogens is 1. The monoisotopic (exact) mass is 300 g/mol. The van der Waals surface area contributed by atoms with Crippen molar-refractivity contribution in [2.75, 3.05) is 12.9 Å². The van der Waals surface area contributed by atoms with Crippen LogP contribution >= 0.6 is 11.6 Å². The van der Waals surface area contributed by atoms with Crippen molar-refractivity contribution in [2.24, 2.45) is 0 Å². The molecule has 0 amide bonds. The molecule has 19 heavy (non-hydrogen) atoms. The van der Waals surface area contributed by atoms with E-state index < -0.39 is 10.0 Å². The first-order valence-electron chi connectivity index (χ1n) is 5.93. The molecule has 4 nitrogen and oxygen atoms in total. The summed E-state index contributed by atoms with van der Waals surface area (Å²) in [6.07, 6.45) is 0.878. The second-order valence-electron chi connectivity index (χ2n) is 4.32. The first-order chi connectivity index (χ1) is 8.93.